The van der Waals surface area contributed by atoms with E-state index in [0.29, 0.717) is 12.6 Å². The predicted octanol–water partition coefficient (Wildman–Crippen LogP) is 4.33. The van der Waals surface area contributed by atoms with Crippen molar-refractivity contribution in [3.63, 3.8) is 0 Å². The van der Waals surface area contributed by atoms with Gasteiger partial charge in [-0.1, -0.05) is 17.7 Å². The van der Waals surface area contributed by atoms with Gasteiger partial charge in [-0.2, -0.15) is 0 Å². The second-order valence-electron chi connectivity index (χ2n) is 5.13. The van der Waals surface area contributed by atoms with Gasteiger partial charge in [0.1, 0.15) is 12.4 Å². The molecule has 1 aromatic heterocycles. The Bertz CT molecular complexity index is 614. The van der Waals surface area contributed by atoms with Crippen LogP contribution in [0.1, 0.15) is 24.1 Å². The number of pyridine rings is 1. The number of hydrogen-bond donors (Lipinski definition) is 1. The first-order valence-electron chi connectivity index (χ1n) is 6.96. The average molecular weight is 368 g/mol. The van der Waals surface area contributed by atoms with Crippen molar-refractivity contribution >= 4 is 27.5 Å². The van der Waals surface area contributed by atoms with Gasteiger partial charge in [-0.05, 0) is 53.0 Å². The molecule has 21 heavy (non-hydrogen) atoms. The minimum Gasteiger partial charge on any atom is -0.487 e. The summed E-state index contributed by atoms with van der Waals surface area (Å²) in [4.78, 5) is 4.31. The number of halogens is 2. The molecule has 3 nitrogen and oxygen atoms in total. The van der Waals surface area contributed by atoms with Gasteiger partial charge in [-0.15, -0.1) is 0 Å². The molecule has 1 aliphatic rings. The molecular weight excluding hydrogens is 352 g/mol. The van der Waals surface area contributed by atoms with Crippen LogP contribution in [-0.4, -0.2) is 11.0 Å². The summed E-state index contributed by atoms with van der Waals surface area (Å²) in [6.45, 7) is 1.18. The molecule has 0 saturated heterocycles. The third kappa shape index (κ3) is 4.19. The molecule has 1 heterocycles. The second kappa shape index (κ2) is 6.77. The maximum Gasteiger partial charge on any atom is 0.130 e. The van der Waals surface area contributed by atoms with E-state index >= 15 is 0 Å². The molecule has 0 amide bonds. The zero-order valence-corrected chi connectivity index (χ0v) is 13.8. The number of aromatic nitrogens is 1. The molecule has 0 radical (unpaired) electrons. The lowest BCUT2D eigenvalue weighted by Crippen LogP contribution is -2.16. The summed E-state index contributed by atoms with van der Waals surface area (Å²) < 4.78 is 6.86. The van der Waals surface area contributed by atoms with E-state index in [2.05, 4.69) is 26.2 Å². The first kappa shape index (κ1) is 14.8. The average Bonchev–Trinajstić information content (AvgIpc) is 3.30. The number of nitrogens with one attached hydrogen (secondary N) is 1. The molecule has 0 unspecified atom stereocenters. The van der Waals surface area contributed by atoms with Crippen LogP contribution < -0.4 is 10.1 Å². The van der Waals surface area contributed by atoms with E-state index in [-0.39, 0.29) is 0 Å². The van der Waals surface area contributed by atoms with E-state index in [1.165, 1.54) is 12.8 Å². The molecule has 3 rings (SSSR count). The lowest BCUT2D eigenvalue weighted by molar-refractivity contribution is 0.297. The van der Waals surface area contributed by atoms with Crippen LogP contribution in [0, 0.1) is 0 Å². The molecule has 0 atom stereocenters. The van der Waals surface area contributed by atoms with Gasteiger partial charge in [0.15, 0.2) is 0 Å². The molecule has 1 saturated carbocycles. The van der Waals surface area contributed by atoms with Crippen molar-refractivity contribution in [1.29, 1.82) is 0 Å². The number of ether oxygens (including phenoxy) is 1. The fourth-order valence-corrected chi connectivity index (χ4v) is 2.49. The molecule has 1 aromatic carbocycles. The van der Waals surface area contributed by atoms with Crippen LogP contribution in [0.4, 0.5) is 0 Å². The number of rotatable bonds is 6. The van der Waals surface area contributed by atoms with Crippen LogP contribution in [-0.2, 0) is 13.2 Å². The Hall–Kier alpha value is -1.10. The number of benzene rings is 1. The van der Waals surface area contributed by atoms with E-state index in [1.807, 2.05) is 30.3 Å². The van der Waals surface area contributed by atoms with E-state index in [1.54, 1.807) is 6.20 Å². The van der Waals surface area contributed by atoms with Crippen molar-refractivity contribution < 1.29 is 4.74 Å². The predicted molar refractivity (Wildman–Crippen MR) is 87.6 cm³/mol. The van der Waals surface area contributed by atoms with Gasteiger partial charge in [0.25, 0.3) is 0 Å². The minimum absolute atomic E-state index is 0.435. The van der Waals surface area contributed by atoms with Crippen LogP contribution >= 0.6 is 27.5 Å². The van der Waals surface area contributed by atoms with Gasteiger partial charge in [-0.25, -0.2) is 0 Å². The lowest BCUT2D eigenvalue weighted by Gasteiger charge is -2.13. The monoisotopic (exact) mass is 366 g/mol. The molecular formula is C16H16BrClN2O. The minimum atomic E-state index is 0.435. The van der Waals surface area contributed by atoms with Crippen LogP contribution in [0.5, 0.6) is 5.75 Å². The maximum absolute atomic E-state index is 6.29. The van der Waals surface area contributed by atoms with Crippen LogP contribution in [0.2, 0.25) is 5.02 Å². The molecule has 1 fully saturated rings. The Kier molecular flexibility index (Phi) is 4.78. The largest absolute Gasteiger partial charge is 0.487 e. The Balaban J connectivity index is 1.68. The summed E-state index contributed by atoms with van der Waals surface area (Å²) in [6.07, 6.45) is 4.28. The second-order valence-corrected chi connectivity index (χ2v) is 6.45. The summed E-state index contributed by atoms with van der Waals surface area (Å²) in [5.41, 5.74) is 1.91. The third-order valence-electron chi connectivity index (χ3n) is 3.38. The Morgan fingerprint density at radius 1 is 1.29 bits per heavy atom. The Morgan fingerprint density at radius 2 is 2.14 bits per heavy atom. The highest BCUT2D eigenvalue weighted by molar-refractivity contribution is 9.10. The number of hydrogen-bond acceptors (Lipinski definition) is 3. The van der Waals surface area contributed by atoms with Gasteiger partial charge in [0, 0.05) is 33.8 Å². The highest BCUT2D eigenvalue weighted by Gasteiger charge is 2.21. The highest BCUT2D eigenvalue weighted by Crippen LogP contribution is 2.28. The molecule has 0 aliphatic heterocycles. The summed E-state index contributed by atoms with van der Waals surface area (Å²) in [5, 5.41) is 4.21. The van der Waals surface area contributed by atoms with Gasteiger partial charge in [0.05, 0.1) is 5.69 Å². The van der Waals surface area contributed by atoms with Crippen LogP contribution in [0.25, 0.3) is 0 Å². The van der Waals surface area contributed by atoms with Gasteiger partial charge < -0.3 is 10.1 Å². The summed E-state index contributed by atoms with van der Waals surface area (Å²) >= 11 is 9.67. The van der Waals surface area contributed by atoms with Crippen LogP contribution in [0.15, 0.2) is 41.0 Å². The molecule has 0 bridgehead atoms. The first-order valence-corrected chi connectivity index (χ1v) is 8.13. The lowest BCUT2D eigenvalue weighted by atomic mass is 10.2. The van der Waals surface area contributed by atoms with Crippen molar-refractivity contribution in [1.82, 2.24) is 10.3 Å². The highest BCUT2D eigenvalue weighted by atomic mass is 79.9. The fourth-order valence-electron chi connectivity index (χ4n) is 2.02. The zero-order valence-electron chi connectivity index (χ0n) is 11.5. The Labute approximate surface area is 137 Å². The van der Waals surface area contributed by atoms with Gasteiger partial charge >= 0.3 is 0 Å². The van der Waals surface area contributed by atoms with E-state index in [0.717, 1.165) is 33.0 Å². The molecule has 1 N–H and O–H groups in total. The van der Waals surface area contributed by atoms with Crippen molar-refractivity contribution in [3.8, 4) is 5.75 Å². The normalized spacial score (nSPS) is 14.2. The third-order valence-corrected chi connectivity index (χ3v) is 4.21. The SMILES string of the molecule is Clc1cccc(OCc2ccc(Br)cn2)c1CNC1CC1. The topological polar surface area (TPSA) is 34.1 Å². The number of nitrogens with zero attached hydrogens (tertiary/aromatic N) is 1. The quantitative estimate of drug-likeness (QED) is 0.825. The molecule has 1 aliphatic carbocycles. The van der Waals surface area contributed by atoms with Crippen molar-refractivity contribution in [2.24, 2.45) is 0 Å². The smallest absolute Gasteiger partial charge is 0.130 e. The van der Waals surface area contributed by atoms with Gasteiger partial charge in [-0.3, -0.25) is 4.98 Å². The molecule has 110 valence electrons. The zero-order chi connectivity index (χ0) is 14.7. The summed E-state index contributed by atoms with van der Waals surface area (Å²) in [7, 11) is 0. The summed E-state index contributed by atoms with van der Waals surface area (Å²) in [5.74, 6) is 0.820. The van der Waals surface area contributed by atoms with Crippen molar-refractivity contribution in [3.05, 3.63) is 57.3 Å². The molecule has 5 heteroatoms. The fraction of sp³-hybridized carbons (Fsp3) is 0.312. The standard InChI is InChI=1S/C16H16BrClN2O/c17-11-4-5-13(19-8-11)10-21-16-3-1-2-15(18)14(16)9-20-12-6-7-12/h1-5,8,12,20H,6-7,9-10H2. The van der Waals surface area contributed by atoms with Gasteiger partial charge in [0.2, 0.25) is 0 Å². The summed E-state index contributed by atoms with van der Waals surface area (Å²) in [6, 6.07) is 10.3. The van der Waals surface area contributed by atoms with Crippen LogP contribution in [0.3, 0.4) is 0 Å². The van der Waals surface area contributed by atoms with E-state index in [9.17, 15) is 0 Å². The molecule has 0 spiro atoms. The first-order chi connectivity index (χ1) is 10.2. The van der Waals surface area contributed by atoms with Crippen molar-refractivity contribution in [2.45, 2.75) is 32.0 Å². The molecule has 2 aromatic rings. The maximum atomic E-state index is 6.29. The Morgan fingerprint density at radius 3 is 2.86 bits per heavy atom. The van der Waals surface area contributed by atoms with Crippen molar-refractivity contribution in [2.75, 3.05) is 0 Å². The van der Waals surface area contributed by atoms with E-state index in [4.69, 9.17) is 16.3 Å². The van der Waals surface area contributed by atoms with E-state index < -0.39 is 0 Å².